The van der Waals surface area contributed by atoms with Gasteiger partial charge in [-0.1, -0.05) is 12.1 Å². The molecule has 0 bridgehead atoms. The number of carbonyl (C=O) groups excluding carboxylic acids is 2. The smallest absolute Gasteiger partial charge is 0.325 e. The standard InChI is InChI=1S/C20H21F3N2O2/c1-13(19(27)24-18-10-6-16(7-11-18)14(2)26)25(3)12-15-4-8-17(9-5-15)20(21,22)23/h4-11,13H,12H2,1-3H3,(H,24,27). The first-order chi connectivity index (χ1) is 12.6. The summed E-state index contributed by atoms with van der Waals surface area (Å²) in [5.41, 5.74) is 1.10. The van der Waals surface area contributed by atoms with E-state index in [1.54, 1.807) is 43.1 Å². The minimum Gasteiger partial charge on any atom is -0.325 e. The number of likely N-dealkylation sites (N-methyl/N-ethyl adjacent to an activating group) is 1. The van der Waals surface area contributed by atoms with Crippen LogP contribution in [0.15, 0.2) is 48.5 Å². The summed E-state index contributed by atoms with van der Waals surface area (Å²) < 4.78 is 37.8. The Labute approximate surface area is 156 Å². The molecule has 0 heterocycles. The molecule has 0 aliphatic heterocycles. The van der Waals surface area contributed by atoms with E-state index in [9.17, 15) is 22.8 Å². The van der Waals surface area contributed by atoms with E-state index in [0.29, 0.717) is 23.4 Å². The number of Topliss-reactive ketones (excluding diaryl/α,β-unsaturated/α-hetero) is 1. The Hall–Kier alpha value is -2.67. The zero-order chi connectivity index (χ0) is 20.2. The van der Waals surface area contributed by atoms with E-state index in [1.807, 2.05) is 0 Å². The lowest BCUT2D eigenvalue weighted by molar-refractivity contribution is -0.137. The molecular weight excluding hydrogens is 357 g/mol. The maximum absolute atomic E-state index is 12.6. The van der Waals surface area contributed by atoms with Crippen LogP contribution in [0.25, 0.3) is 0 Å². The van der Waals surface area contributed by atoms with Crippen LogP contribution < -0.4 is 5.32 Å². The fourth-order valence-corrected chi connectivity index (χ4v) is 2.46. The van der Waals surface area contributed by atoms with Crippen molar-refractivity contribution in [2.24, 2.45) is 0 Å². The Bertz CT molecular complexity index is 799. The van der Waals surface area contributed by atoms with Gasteiger partial charge in [-0.3, -0.25) is 14.5 Å². The maximum Gasteiger partial charge on any atom is 0.416 e. The van der Waals surface area contributed by atoms with Crippen molar-refractivity contribution < 1.29 is 22.8 Å². The highest BCUT2D eigenvalue weighted by molar-refractivity contribution is 5.96. The van der Waals surface area contributed by atoms with E-state index < -0.39 is 17.8 Å². The lowest BCUT2D eigenvalue weighted by Gasteiger charge is -2.24. The molecule has 27 heavy (non-hydrogen) atoms. The van der Waals surface area contributed by atoms with Crippen LogP contribution in [0, 0.1) is 0 Å². The van der Waals surface area contributed by atoms with Crippen LogP contribution in [-0.2, 0) is 17.5 Å². The quantitative estimate of drug-likeness (QED) is 0.760. The molecule has 2 rings (SSSR count). The Morgan fingerprint density at radius 2 is 1.59 bits per heavy atom. The highest BCUT2D eigenvalue weighted by Gasteiger charge is 2.30. The summed E-state index contributed by atoms with van der Waals surface area (Å²) in [5, 5.41) is 2.76. The number of alkyl halides is 3. The molecule has 2 aromatic rings. The average molecular weight is 378 g/mol. The van der Waals surface area contributed by atoms with Gasteiger partial charge in [0.25, 0.3) is 0 Å². The monoisotopic (exact) mass is 378 g/mol. The molecule has 4 nitrogen and oxygen atoms in total. The molecule has 0 aromatic heterocycles. The number of hydrogen-bond acceptors (Lipinski definition) is 3. The fraction of sp³-hybridized carbons (Fsp3) is 0.300. The van der Waals surface area contributed by atoms with Gasteiger partial charge in [-0.2, -0.15) is 13.2 Å². The largest absolute Gasteiger partial charge is 0.416 e. The van der Waals surface area contributed by atoms with Crippen molar-refractivity contribution in [3.63, 3.8) is 0 Å². The summed E-state index contributed by atoms with van der Waals surface area (Å²) in [6.07, 6.45) is -4.37. The third-order valence-electron chi connectivity index (χ3n) is 4.31. The second kappa shape index (κ2) is 8.35. The van der Waals surface area contributed by atoms with Crippen molar-refractivity contribution in [2.75, 3.05) is 12.4 Å². The minimum absolute atomic E-state index is 0.0579. The molecule has 0 aliphatic rings. The maximum atomic E-state index is 12.6. The van der Waals surface area contributed by atoms with Crippen molar-refractivity contribution in [3.8, 4) is 0 Å². The normalized spacial score (nSPS) is 12.7. The molecule has 1 N–H and O–H groups in total. The predicted molar refractivity (Wildman–Crippen MR) is 97.4 cm³/mol. The lowest BCUT2D eigenvalue weighted by atomic mass is 10.1. The van der Waals surface area contributed by atoms with Gasteiger partial charge >= 0.3 is 6.18 Å². The van der Waals surface area contributed by atoms with Crippen LogP contribution in [0.5, 0.6) is 0 Å². The van der Waals surface area contributed by atoms with E-state index in [2.05, 4.69) is 5.32 Å². The molecule has 0 saturated heterocycles. The van der Waals surface area contributed by atoms with Crippen LogP contribution in [-0.4, -0.2) is 29.7 Å². The van der Waals surface area contributed by atoms with E-state index >= 15 is 0 Å². The number of hydrogen-bond donors (Lipinski definition) is 1. The van der Waals surface area contributed by atoms with Gasteiger partial charge in [0.05, 0.1) is 11.6 Å². The molecule has 1 atom stereocenters. The first-order valence-corrected chi connectivity index (χ1v) is 8.36. The van der Waals surface area contributed by atoms with Crippen molar-refractivity contribution in [1.29, 1.82) is 0 Å². The molecule has 0 spiro atoms. The van der Waals surface area contributed by atoms with E-state index in [-0.39, 0.29) is 11.7 Å². The van der Waals surface area contributed by atoms with Crippen molar-refractivity contribution in [1.82, 2.24) is 4.90 Å². The number of nitrogens with one attached hydrogen (secondary N) is 1. The molecule has 2 aromatic carbocycles. The molecule has 144 valence electrons. The van der Waals surface area contributed by atoms with Crippen LogP contribution in [0.4, 0.5) is 18.9 Å². The van der Waals surface area contributed by atoms with E-state index in [1.165, 1.54) is 19.1 Å². The van der Waals surface area contributed by atoms with Crippen molar-refractivity contribution in [3.05, 3.63) is 65.2 Å². The Balaban J connectivity index is 1.96. The number of amides is 1. The Morgan fingerprint density at radius 1 is 1.04 bits per heavy atom. The second-order valence-corrected chi connectivity index (χ2v) is 6.41. The Morgan fingerprint density at radius 3 is 2.07 bits per heavy atom. The number of anilines is 1. The third-order valence-corrected chi connectivity index (χ3v) is 4.31. The summed E-state index contributed by atoms with van der Waals surface area (Å²) in [5.74, 6) is -0.308. The third kappa shape index (κ3) is 5.65. The number of ketones is 1. The number of carbonyl (C=O) groups is 2. The minimum atomic E-state index is -4.37. The van der Waals surface area contributed by atoms with Crippen molar-refractivity contribution in [2.45, 2.75) is 32.6 Å². The summed E-state index contributed by atoms with van der Waals surface area (Å²) in [6.45, 7) is 3.51. The summed E-state index contributed by atoms with van der Waals surface area (Å²) in [7, 11) is 1.72. The molecule has 1 unspecified atom stereocenters. The molecular formula is C20H21F3N2O2. The highest BCUT2D eigenvalue weighted by Crippen LogP contribution is 2.29. The zero-order valence-corrected chi connectivity index (χ0v) is 15.3. The topological polar surface area (TPSA) is 49.4 Å². The molecule has 0 radical (unpaired) electrons. The Kier molecular flexibility index (Phi) is 6.38. The molecule has 7 heteroatoms. The number of rotatable bonds is 6. The highest BCUT2D eigenvalue weighted by atomic mass is 19.4. The van der Waals surface area contributed by atoms with Gasteiger partial charge in [0.1, 0.15) is 0 Å². The van der Waals surface area contributed by atoms with Crippen LogP contribution in [0.2, 0.25) is 0 Å². The van der Waals surface area contributed by atoms with E-state index in [4.69, 9.17) is 0 Å². The molecule has 0 fully saturated rings. The van der Waals surface area contributed by atoms with Gasteiger partial charge in [0, 0.05) is 17.8 Å². The molecule has 0 aliphatic carbocycles. The zero-order valence-electron chi connectivity index (χ0n) is 15.3. The predicted octanol–water partition coefficient (Wildman–Crippen LogP) is 4.37. The van der Waals surface area contributed by atoms with Crippen LogP contribution in [0.3, 0.4) is 0 Å². The van der Waals surface area contributed by atoms with Gasteiger partial charge in [-0.15, -0.1) is 0 Å². The van der Waals surface area contributed by atoms with Gasteiger partial charge in [-0.05, 0) is 62.9 Å². The SMILES string of the molecule is CC(=O)c1ccc(NC(=O)C(C)N(C)Cc2ccc(C(F)(F)F)cc2)cc1. The summed E-state index contributed by atoms with van der Waals surface area (Å²) in [4.78, 5) is 25.4. The first-order valence-electron chi connectivity index (χ1n) is 8.36. The lowest BCUT2D eigenvalue weighted by Crippen LogP contribution is -2.39. The number of benzene rings is 2. The van der Waals surface area contributed by atoms with Gasteiger partial charge < -0.3 is 5.32 Å². The van der Waals surface area contributed by atoms with Gasteiger partial charge in [0.2, 0.25) is 5.91 Å². The fourth-order valence-electron chi connectivity index (χ4n) is 2.46. The molecule has 0 saturated carbocycles. The second-order valence-electron chi connectivity index (χ2n) is 6.41. The van der Waals surface area contributed by atoms with Gasteiger partial charge in [0.15, 0.2) is 5.78 Å². The molecule has 1 amide bonds. The summed E-state index contributed by atoms with van der Waals surface area (Å²) in [6, 6.07) is 10.9. The summed E-state index contributed by atoms with van der Waals surface area (Å²) >= 11 is 0. The van der Waals surface area contributed by atoms with Crippen molar-refractivity contribution >= 4 is 17.4 Å². The van der Waals surface area contributed by atoms with Gasteiger partial charge in [-0.25, -0.2) is 0 Å². The van der Waals surface area contributed by atoms with E-state index in [0.717, 1.165) is 12.1 Å². The number of halogens is 3. The van der Waals surface area contributed by atoms with Crippen LogP contribution in [0.1, 0.15) is 35.3 Å². The van der Waals surface area contributed by atoms with Crippen LogP contribution >= 0.6 is 0 Å². The average Bonchev–Trinajstić information content (AvgIpc) is 2.61. The first kappa shape index (κ1) is 20.6. The number of nitrogens with zero attached hydrogens (tertiary/aromatic N) is 1.